The van der Waals surface area contributed by atoms with E-state index in [0.717, 1.165) is 11.3 Å². The van der Waals surface area contributed by atoms with Crippen molar-refractivity contribution in [2.75, 3.05) is 11.9 Å². The molecule has 1 heterocycles. The Hall–Kier alpha value is -1.09. The molecule has 0 aliphatic rings. The Labute approximate surface area is 79.4 Å². The van der Waals surface area contributed by atoms with Gasteiger partial charge in [0.1, 0.15) is 0 Å². The van der Waals surface area contributed by atoms with E-state index in [1.807, 2.05) is 19.2 Å². The van der Waals surface area contributed by atoms with Gasteiger partial charge in [0.25, 0.3) is 0 Å². The van der Waals surface area contributed by atoms with Gasteiger partial charge in [-0.05, 0) is 32.4 Å². The zero-order valence-electron chi connectivity index (χ0n) is 8.46. The Balaban J connectivity index is 2.80. The number of hydrogen-bond acceptors (Lipinski definition) is 3. The molecule has 3 N–H and O–H groups in total. The molecular weight excluding hydrogens is 162 g/mol. The van der Waals surface area contributed by atoms with Crippen LogP contribution in [-0.4, -0.2) is 17.1 Å². The monoisotopic (exact) mass is 179 g/mol. The van der Waals surface area contributed by atoms with Crippen LogP contribution in [0.5, 0.6) is 0 Å². The summed E-state index contributed by atoms with van der Waals surface area (Å²) in [5.74, 6) is 0. The fraction of sp³-hybridized carbons (Fsp3) is 0.500. The Morgan fingerprint density at radius 2 is 2.23 bits per heavy atom. The molecule has 0 fully saturated rings. The Kier molecular flexibility index (Phi) is 2.88. The van der Waals surface area contributed by atoms with Crippen molar-refractivity contribution in [2.24, 2.45) is 5.73 Å². The van der Waals surface area contributed by atoms with Gasteiger partial charge >= 0.3 is 0 Å². The first kappa shape index (κ1) is 9.99. The van der Waals surface area contributed by atoms with Gasteiger partial charge in [-0.3, -0.25) is 4.98 Å². The molecule has 3 nitrogen and oxygen atoms in total. The third kappa shape index (κ3) is 2.70. The highest BCUT2D eigenvalue weighted by Gasteiger charge is 2.15. The number of aryl methyl sites for hydroxylation is 1. The lowest BCUT2D eigenvalue weighted by Crippen LogP contribution is -2.39. The molecule has 13 heavy (non-hydrogen) atoms. The second-order valence-electron chi connectivity index (χ2n) is 3.90. The van der Waals surface area contributed by atoms with Crippen molar-refractivity contribution in [3.63, 3.8) is 0 Å². The molecule has 72 valence electrons. The van der Waals surface area contributed by atoms with E-state index in [2.05, 4.69) is 24.1 Å². The smallest absolute Gasteiger partial charge is 0.0439 e. The summed E-state index contributed by atoms with van der Waals surface area (Å²) in [6.45, 7) is 6.79. The van der Waals surface area contributed by atoms with E-state index >= 15 is 0 Å². The summed E-state index contributed by atoms with van der Waals surface area (Å²) < 4.78 is 0. The number of anilines is 1. The van der Waals surface area contributed by atoms with Crippen LogP contribution in [0.1, 0.15) is 19.4 Å². The van der Waals surface area contributed by atoms with Crippen LogP contribution in [0, 0.1) is 6.92 Å². The quantitative estimate of drug-likeness (QED) is 0.740. The maximum Gasteiger partial charge on any atom is 0.0439 e. The maximum atomic E-state index is 5.63. The molecule has 1 aromatic rings. The second-order valence-corrected chi connectivity index (χ2v) is 3.90. The van der Waals surface area contributed by atoms with E-state index in [4.69, 9.17) is 5.73 Å². The van der Waals surface area contributed by atoms with Crippen molar-refractivity contribution in [3.05, 3.63) is 24.0 Å². The van der Waals surface area contributed by atoms with Gasteiger partial charge in [0.2, 0.25) is 0 Å². The Morgan fingerprint density at radius 1 is 1.54 bits per heavy atom. The van der Waals surface area contributed by atoms with Crippen LogP contribution in [0.3, 0.4) is 0 Å². The van der Waals surface area contributed by atoms with E-state index in [1.165, 1.54) is 0 Å². The third-order valence-electron chi connectivity index (χ3n) is 2.00. The van der Waals surface area contributed by atoms with Gasteiger partial charge < -0.3 is 11.1 Å². The lowest BCUT2D eigenvalue weighted by Gasteiger charge is -2.26. The molecule has 0 amide bonds. The Bertz CT molecular complexity index is 281. The van der Waals surface area contributed by atoms with Gasteiger partial charge in [-0.1, -0.05) is 0 Å². The van der Waals surface area contributed by atoms with E-state index < -0.39 is 0 Å². The second kappa shape index (κ2) is 3.75. The lowest BCUT2D eigenvalue weighted by atomic mass is 10.1. The first-order chi connectivity index (χ1) is 6.05. The molecule has 0 aliphatic heterocycles. The van der Waals surface area contributed by atoms with Gasteiger partial charge in [-0.15, -0.1) is 0 Å². The normalized spacial score (nSPS) is 11.4. The molecule has 0 atom stereocenters. The zero-order valence-corrected chi connectivity index (χ0v) is 8.46. The molecular formula is C10H17N3. The summed E-state index contributed by atoms with van der Waals surface area (Å²) in [5.41, 5.74) is 7.81. The van der Waals surface area contributed by atoms with Crippen LogP contribution in [0.4, 0.5) is 5.69 Å². The minimum Gasteiger partial charge on any atom is -0.379 e. The van der Waals surface area contributed by atoms with Gasteiger partial charge in [0, 0.05) is 30.2 Å². The SMILES string of the molecule is Cc1cnccc1NC(C)(C)CN. The summed E-state index contributed by atoms with van der Waals surface area (Å²) >= 11 is 0. The molecule has 1 rings (SSSR count). The van der Waals surface area contributed by atoms with Gasteiger partial charge in [0.15, 0.2) is 0 Å². The van der Waals surface area contributed by atoms with Gasteiger partial charge in [-0.2, -0.15) is 0 Å². The predicted octanol–water partition coefficient (Wildman–Crippen LogP) is 1.54. The van der Waals surface area contributed by atoms with Gasteiger partial charge in [-0.25, -0.2) is 0 Å². The minimum atomic E-state index is -0.0634. The van der Waals surface area contributed by atoms with Crippen LogP contribution < -0.4 is 11.1 Å². The fourth-order valence-electron chi connectivity index (χ4n) is 1.03. The molecule has 0 unspecified atom stereocenters. The van der Waals surface area contributed by atoms with Crippen LogP contribution in [-0.2, 0) is 0 Å². The largest absolute Gasteiger partial charge is 0.379 e. The van der Waals surface area contributed by atoms with E-state index in [0.29, 0.717) is 6.54 Å². The molecule has 0 spiro atoms. The predicted molar refractivity (Wildman–Crippen MR) is 55.7 cm³/mol. The molecule has 0 aliphatic carbocycles. The number of nitrogens with two attached hydrogens (primary N) is 1. The summed E-state index contributed by atoms with van der Waals surface area (Å²) in [6, 6.07) is 1.97. The highest BCUT2D eigenvalue weighted by molar-refractivity contribution is 5.50. The number of aromatic nitrogens is 1. The molecule has 0 saturated carbocycles. The summed E-state index contributed by atoms with van der Waals surface area (Å²) in [7, 11) is 0. The van der Waals surface area contributed by atoms with Crippen LogP contribution >= 0.6 is 0 Å². The van der Waals surface area contributed by atoms with Crippen molar-refractivity contribution in [1.82, 2.24) is 4.98 Å². The fourth-order valence-corrected chi connectivity index (χ4v) is 1.03. The van der Waals surface area contributed by atoms with Crippen molar-refractivity contribution in [2.45, 2.75) is 26.3 Å². The van der Waals surface area contributed by atoms with Gasteiger partial charge in [0.05, 0.1) is 0 Å². The average Bonchev–Trinajstić information content (AvgIpc) is 2.09. The molecule has 0 bridgehead atoms. The number of pyridine rings is 1. The first-order valence-electron chi connectivity index (χ1n) is 4.44. The standard InChI is InChI=1S/C10H17N3/c1-8-6-12-5-4-9(8)13-10(2,3)7-11/h4-6H,7,11H2,1-3H3,(H,12,13). The van der Waals surface area contributed by atoms with Crippen molar-refractivity contribution in [3.8, 4) is 0 Å². The number of nitrogens with one attached hydrogen (secondary N) is 1. The average molecular weight is 179 g/mol. The number of nitrogens with zero attached hydrogens (tertiary/aromatic N) is 1. The van der Waals surface area contributed by atoms with Crippen molar-refractivity contribution < 1.29 is 0 Å². The summed E-state index contributed by atoms with van der Waals surface area (Å²) in [5, 5.41) is 3.37. The molecule has 3 heteroatoms. The first-order valence-corrected chi connectivity index (χ1v) is 4.44. The summed E-state index contributed by atoms with van der Waals surface area (Å²) in [4.78, 5) is 4.03. The number of hydrogen-bond donors (Lipinski definition) is 2. The lowest BCUT2D eigenvalue weighted by molar-refractivity contribution is 0.579. The van der Waals surface area contributed by atoms with Crippen LogP contribution in [0.15, 0.2) is 18.5 Å². The van der Waals surface area contributed by atoms with Crippen LogP contribution in [0.25, 0.3) is 0 Å². The minimum absolute atomic E-state index is 0.0634. The highest BCUT2D eigenvalue weighted by atomic mass is 15.0. The van der Waals surface area contributed by atoms with E-state index in [9.17, 15) is 0 Å². The summed E-state index contributed by atoms with van der Waals surface area (Å²) in [6.07, 6.45) is 3.62. The molecule has 0 saturated heterocycles. The topological polar surface area (TPSA) is 50.9 Å². The van der Waals surface area contributed by atoms with E-state index in [1.54, 1.807) is 6.20 Å². The maximum absolute atomic E-state index is 5.63. The molecule has 0 aromatic carbocycles. The molecule has 1 aromatic heterocycles. The van der Waals surface area contributed by atoms with Crippen LogP contribution in [0.2, 0.25) is 0 Å². The van der Waals surface area contributed by atoms with Crippen molar-refractivity contribution >= 4 is 5.69 Å². The number of rotatable bonds is 3. The highest BCUT2D eigenvalue weighted by Crippen LogP contribution is 2.16. The Morgan fingerprint density at radius 3 is 2.77 bits per heavy atom. The zero-order chi connectivity index (χ0) is 9.90. The van der Waals surface area contributed by atoms with E-state index in [-0.39, 0.29) is 5.54 Å². The molecule has 0 radical (unpaired) electrons. The third-order valence-corrected chi connectivity index (χ3v) is 2.00. The van der Waals surface area contributed by atoms with Crippen molar-refractivity contribution in [1.29, 1.82) is 0 Å².